The number of benzene rings is 1. The van der Waals surface area contributed by atoms with Crippen molar-refractivity contribution in [2.45, 2.75) is 38.9 Å². The Hall–Kier alpha value is -1.88. The summed E-state index contributed by atoms with van der Waals surface area (Å²) in [7, 11) is 1.46. The van der Waals surface area contributed by atoms with Crippen LogP contribution in [0.3, 0.4) is 0 Å². The van der Waals surface area contributed by atoms with E-state index in [9.17, 15) is 4.79 Å². The van der Waals surface area contributed by atoms with Crippen LogP contribution in [-0.4, -0.2) is 40.3 Å². The molecule has 112 valence electrons. The quantitative estimate of drug-likeness (QED) is 0.809. The second-order valence-electron chi connectivity index (χ2n) is 5.43. The van der Waals surface area contributed by atoms with Crippen LogP contribution in [0.5, 0.6) is 0 Å². The van der Waals surface area contributed by atoms with Crippen molar-refractivity contribution < 1.29 is 9.53 Å². The minimum atomic E-state index is -0.133. The average Bonchev–Trinajstić information content (AvgIpc) is 3.12. The van der Waals surface area contributed by atoms with Gasteiger partial charge in [-0.2, -0.15) is 5.10 Å². The normalized spacial score (nSPS) is 19.2. The molecule has 0 saturated carbocycles. The van der Waals surface area contributed by atoms with Crippen LogP contribution in [0, 0.1) is 0 Å². The second kappa shape index (κ2) is 5.85. The smallest absolute Gasteiger partial charge is 0.323 e. The molecular weight excluding hydrogens is 266 g/mol. The van der Waals surface area contributed by atoms with Crippen molar-refractivity contribution in [1.82, 2.24) is 14.7 Å². The second-order valence-corrected chi connectivity index (χ2v) is 5.43. The molecule has 0 aliphatic carbocycles. The van der Waals surface area contributed by atoms with Gasteiger partial charge in [0.1, 0.15) is 6.04 Å². The van der Waals surface area contributed by atoms with E-state index in [2.05, 4.69) is 24.0 Å². The Morgan fingerprint density at radius 2 is 2.24 bits per heavy atom. The molecule has 0 spiro atoms. The zero-order chi connectivity index (χ0) is 14.8. The zero-order valence-corrected chi connectivity index (χ0v) is 12.6. The van der Waals surface area contributed by atoms with Crippen LogP contribution in [-0.2, 0) is 22.6 Å². The van der Waals surface area contributed by atoms with E-state index in [0.29, 0.717) is 6.54 Å². The molecule has 5 heteroatoms. The monoisotopic (exact) mass is 287 g/mol. The summed E-state index contributed by atoms with van der Waals surface area (Å²) < 4.78 is 6.93. The van der Waals surface area contributed by atoms with Gasteiger partial charge in [0, 0.05) is 18.5 Å². The highest BCUT2D eigenvalue weighted by atomic mass is 16.5. The van der Waals surface area contributed by atoms with Crippen molar-refractivity contribution in [2.75, 3.05) is 13.7 Å². The summed E-state index contributed by atoms with van der Waals surface area (Å²) in [6.45, 7) is 4.57. The van der Waals surface area contributed by atoms with Crippen LogP contribution in [0.1, 0.15) is 25.5 Å². The molecule has 1 saturated heterocycles. The van der Waals surface area contributed by atoms with Gasteiger partial charge < -0.3 is 4.74 Å². The average molecular weight is 287 g/mol. The first kappa shape index (κ1) is 14.1. The van der Waals surface area contributed by atoms with E-state index in [-0.39, 0.29) is 12.0 Å². The van der Waals surface area contributed by atoms with Crippen LogP contribution in [0.15, 0.2) is 24.3 Å². The fraction of sp³-hybridized carbons (Fsp3) is 0.500. The molecule has 2 aromatic rings. The molecular formula is C16H21N3O2. The minimum absolute atomic E-state index is 0.125. The number of fused-ring (bicyclic) bond motifs is 1. The number of likely N-dealkylation sites (tertiary alicyclic amines) is 1. The maximum Gasteiger partial charge on any atom is 0.323 e. The van der Waals surface area contributed by atoms with Gasteiger partial charge in [0.15, 0.2) is 0 Å². The highest BCUT2D eigenvalue weighted by Gasteiger charge is 2.32. The van der Waals surface area contributed by atoms with Crippen LogP contribution < -0.4 is 0 Å². The summed E-state index contributed by atoms with van der Waals surface area (Å²) in [4.78, 5) is 14.0. The Bertz CT molecular complexity index is 650. The number of aryl methyl sites for hydroxylation is 1. The van der Waals surface area contributed by atoms with E-state index < -0.39 is 0 Å². The van der Waals surface area contributed by atoms with Gasteiger partial charge >= 0.3 is 5.97 Å². The molecule has 1 unspecified atom stereocenters. The zero-order valence-electron chi connectivity index (χ0n) is 12.6. The number of rotatable bonds is 4. The van der Waals surface area contributed by atoms with Gasteiger partial charge in [-0.15, -0.1) is 0 Å². The van der Waals surface area contributed by atoms with Gasteiger partial charge in [-0.25, -0.2) is 0 Å². The first-order valence-electron chi connectivity index (χ1n) is 7.51. The molecule has 1 fully saturated rings. The Morgan fingerprint density at radius 1 is 1.43 bits per heavy atom. The summed E-state index contributed by atoms with van der Waals surface area (Å²) in [5.74, 6) is -0.133. The van der Waals surface area contributed by atoms with Crippen molar-refractivity contribution >= 4 is 16.9 Å². The molecule has 1 aromatic carbocycles. The molecule has 0 bridgehead atoms. The van der Waals surface area contributed by atoms with Gasteiger partial charge in [0.2, 0.25) is 0 Å². The predicted molar refractivity (Wildman–Crippen MR) is 80.9 cm³/mol. The molecule has 1 aliphatic heterocycles. The number of nitrogens with zero attached hydrogens (tertiary/aromatic N) is 3. The molecule has 2 heterocycles. The van der Waals surface area contributed by atoms with Gasteiger partial charge in [-0.3, -0.25) is 14.4 Å². The van der Waals surface area contributed by atoms with Crippen LogP contribution in [0.2, 0.25) is 0 Å². The van der Waals surface area contributed by atoms with Gasteiger partial charge in [-0.1, -0.05) is 18.2 Å². The van der Waals surface area contributed by atoms with E-state index in [1.807, 2.05) is 16.8 Å². The van der Waals surface area contributed by atoms with E-state index >= 15 is 0 Å². The van der Waals surface area contributed by atoms with Crippen molar-refractivity contribution in [2.24, 2.45) is 0 Å². The SMILES string of the molecule is CCn1nc(CN2CCCC2C(=O)OC)c2ccccc21. The molecule has 1 aromatic heterocycles. The van der Waals surface area contributed by atoms with Gasteiger partial charge in [-0.05, 0) is 32.4 Å². The highest BCUT2D eigenvalue weighted by Crippen LogP contribution is 2.24. The summed E-state index contributed by atoms with van der Waals surface area (Å²) in [5.41, 5.74) is 2.20. The van der Waals surface area contributed by atoms with Crippen molar-refractivity contribution in [3.63, 3.8) is 0 Å². The van der Waals surface area contributed by atoms with E-state index in [4.69, 9.17) is 9.84 Å². The summed E-state index contributed by atoms with van der Waals surface area (Å²) in [5, 5.41) is 5.89. The number of methoxy groups -OCH3 is 1. The van der Waals surface area contributed by atoms with Crippen LogP contribution in [0.25, 0.3) is 10.9 Å². The summed E-state index contributed by atoms with van der Waals surface area (Å²) in [6, 6.07) is 8.15. The lowest BCUT2D eigenvalue weighted by Gasteiger charge is -2.21. The molecule has 5 nitrogen and oxygen atoms in total. The Labute approximate surface area is 124 Å². The van der Waals surface area contributed by atoms with Crippen molar-refractivity contribution in [3.05, 3.63) is 30.0 Å². The lowest BCUT2D eigenvalue weighted by Crippen LogP contribution is -2.36. The third kappa shape index (κ3) is 2.53. The molecule has 1 atom stereocenters. The number of ether oxygens (including phenoxy) is 1. The predicted octanol–water partition coefficient (Wildman–Crippen LogP) is 2.19. The maximum absolute atomic E-state index is 11.9. The molecule has 3 rings (SSSR count). The van der Waals surface area contributed by atoms with E-state index in [0.717, 1.165) is 37.1 Å². The van der Waals surface area contributed by atoms with Crippen molar-refractivity contribution in [3.8, 4) is 0 Å². The first-order chi connectivity index (χ1) is 10.2. The number of esters is 1. The van der Waals surface area contributed by atoms with Crippen molar-refractivity contribution in [1.29, 1.82) is 0 Å². The third-order valence-electron chi connectivity index (χ3n) is 4.22. The molecule has 0 amide bonds. The Balaban J connectivity index is 1.89. The van der Waals surface area contributed by atoms with Crippen LogP contribution >= 0.6 is 0 Å². The highest BCUT2D eigenvalue weighted by molar-refractivity contribution is 5.82. The summed E-state index contributed by atoms with van der Waals surface area (Å²) in [6.07, 6.45) is 1.91. The molecule has 0 N–H and O–H groups in total. The lowest BCUT2D eigenvalue weighted by atomic mass is 10.2. The number of aromatic nitrogens is 2. The number of hydrogen-bond acceptors (Lipinski definition) is 4. The molecule has 21 heavy (non-hydrogen) atoms. The fourth-order valence-corrected chi connectivity index (χ4v) is 3.16. The maximum atomic E-state index is 11.9. The standard InChI is InChI=1S/C16H21N3O2/c1-3-19-14-8-5-4-7-12(14)13(17-19)11-18-10-6-9-15(18)16(20)21-2/h4-5,7-8,15H,3,6,9-11H2,1-2H3. The number of hydrogen-bond donors (Lipinski definition) is 0. The number of carbonyl (C=O) groups excluding carboxylic acids is 1. The largest absolute Gasteiger partial charge is 0.468 e. The number of para-hydroxylation sites is 1. The third-order valence-corrected chi connectivity index (χ3v) is 4.22. The molecule has 1 aliphatic rings. The van der Waals surface area contributed by atoms with Gasteiger partial charge in [0.25, 0.3) is 0 Å². The topological polar surface area (TPSA) is 47.4 Å². The van der Waals surface area contributed by atoms with E-state index in [1.54, 1.807) is 0 Å². The fourth-order valence-electron chi connectivity index (χ4n) is 3.16. The Kier molecular flexibility index (Phi) is 3.92. The van der Waals surface area contributed by atoms with E-state index in [1.165, 1.54) is 12.5 Å². The lowest BCUT2D eigenvalue weighted by molar-refractivity contribution is -0.146. The Morgan fingerprint density at radius 3 is 3.00 bits per heavy atom. The van der Waals surface area contributed by atoms with Gasteiger partial charge in [0.05, 0.1) is 18.3 Å². The molecule has 0 radical (unpaired) electrons. The number of carbonyl (C=O) groups is 1. The first-order valence-corrected chi connectivity index (χ1v) is 7.51. The van der Waals surface area contributed by atoms with Crippen LogP contribution in [0.4, 0.5) is 0 Å². The summed E-state index contributed by atoms with van der Waals surface area (Å²) >= 11 is 0. The minimum Gasteiger partial charge on any atom is -0.468 e.